The summed E-state index contributed by atoms with van der Waals surface area (Å²) < 4.78 is 5.33. The van der Waals surface area contributed by atoms with Crippen molar-refractivity contribution in [2.75, 3.05) is 6.54 Å². The summed E-state index contributed by atoms with van der Waals surface area (Å²) in [6, 6.07) is 7.18. The molecule has 1 fully saturated rings. The van der Waals surface area contributed by atoms with E-state index in [-0.39, 0.29) is 17.6 Å². The molecule has 1 unspecified atom stereocenters. The summed E-state index contributed by atoms with van der Waals surface area (Å²) in [6.07, 6.45) is 3.53. The van der Waals surface area contributed by atoms with Crippen LogP contribution in [0.2, 0.25) is 5.02 Å². The van der Waals surface area contributed by atoms with Gasteiger partial charge in [0, 0.05) is 18.2 Å². The van der Waals surface area contributed by atoms with Gasteiger partial charge >= 0.3 is 0 Å². The second-order valence-electron chi connectivity index (χ2n) is 5.22. The molecule has 1 heterocycles. The van der Waals surface area contributed by atoms with Crippen LogP contribution in [0.1, 0.15) is 23.3 Å². The van der Waals surface area contributed by atoms with Crippen molar-refractivity contribution in [1.82, 2.24) is 10.3 Å². The maximum Gasteiger partial charge on any atom is 0.273 e. The molecule has 1 aromatic carbocycles. The lowest BCUT2D eigenvalue weighted by Crippen LogP contribution is -2.38. The van der Waals surface area contributed by atoms with E-state index in [9.17, 15) is 4.79 Å². The minimum absolute atomic E-state index is 0.00427. The zero-order chi connectivity index (χ0) is 14.8. The van der Waals surface area contributed by atoms with Gasteiger partial charge in [0.25, 0.3) is 5.91 Å². The topological polar surface area (TPSA) is 81.1 Å². The maximum absolute atomic E-state index is 12.2. The summed E-state index contributed by atoms with van der Waals surface area (Å²) in [6.45, 7) is 0.443. The van der Waals surface area contributed by atoms with E-state index in [1.165, 1.54) is 6.39 Å². The molecule has 3 N–H and O–H groups in total. The second-order valence-corrected chi connectivity index (χ2v) is 5.63. The van der Waals surface area contributed by atoms with Crippen LogP contribution < -0.4 is 11.1 Å². The minimum Gasteiger partial charge on any atom is -0.443 e. The van der Waals surface area contributed by atoms with Gasteiger partial charge in [0.1, 0.15) is 0 Å². The van der Waals surface area contributed by atoms with Gasteiger partial charge in [0.2, 0.25) is 0 Å². The van der Waals surface area contributed by atoms with Gasteiger partial charge in [-0.15, -0.1) is 0 Å². The first-order valence-corrected chi connectivity index (χ1v) is 7.27. The van der Waals surface area contributed by atoms with E-state index >= 15 is 0 Å². The van der Waals surface area contributed by atoms with E-state index < -0.39 is 0 Å². The molecule has 1 aromatic heterocycles. The minimum atomic E-state index is -0.297. The Morgan fingerprint density at radius 2 is 2.24 bits per heavy atom. The number of benzene rings is 1. The Hall–Kier alpha value is -1.85. The third-order valence-electron chi connectivity index (χ3n) is 3.63. The van der Waals surface area contributed by atoms with E-state index in [0.717, 1.165) is 12.8 Å². The lowest BCUT2D eigenvalue weighted by Gasteiger charge is -2.11. The zero-order valence-corrected chi connectivity index (χ0v) is 12.1. The molecule has 6 heteroatoms. The van der Waals surface area contributed by atoms with Gasteiger partial charge in [0.05, 0.1) is 5.02 Å². The number of rotatable bonds is 5. The van der Waals surface area contributed by atoms with Gasteiger partial charge in [-0.05, 0) is 30.9 Å². The van der Waals surface area contributed by atoms with Gasteiger partial charge in [0.15, 0.2) is 17.8 Å². The van der Waals surface area contributed by atoms with Crippen LogP contribution in [-0.4, -0.2) is 23.5 Å². The fourth-order valence-electron chi connectivity index (χ4n) is 2.23. The number of oxazole rings is 1. The van der Waals surface area contributed by atoms with Gasteiger partial charge in [-0.25, -0.2) is 4.98 Å². The average molecular weight is 306 g/mol. The highest BCUT2D eigenvalue weighted by atomic mass is 35.5. The number of carbonyl (C=O) groups is 1. The Balaban J connectivity index is 1.75. The number of halogens is 1. The van der Waals surface area contributed by atoms with Crippen molar-refractivity contribution in [1.29, 1.82) is 0 Å². The number of nitrogens with two attached hydrogens (primary N) is 1. The molecule has 0 spiro atoms. The highest BCUT2D eigenvalue weighted by Crippen LogP contribution is 2.32. The number of aromatic nitrogens is 1. The Labute approximate surface area is 127 Å². The SMILES string of the molecule is NC(CNC(=O)c1ncoc1-c1ccccc1Cl)C1CC1. The van der Waals surface area contributed by atoms with E-state index in [1.807, 2.05) is 12.1 Å². The molecular formula is C15H16ClN3O2. The average Bonchev–Trinajstić information content (AvgIpc) is 3.23. The molecule has 21 heavy (non-hydrogen) atoms. The summed E-state index contributed by atoms with van der Waals surface area (Å²) in [7, 11) is 0. The van der Waals surface area contributed by atoms with Gasteiger partial charge in [-0.3, -0.25) is 4.79 Å². The Morgan fingerprint density at radius 3 is 2.95 bits per heavy atom. The summed E-state index contributed by atoms with van der Waals surface area (Å²) in [5, 5.41) is 3.32. The van der Waals surface area contributed by atoms with Crippen LogP contribution in [0.15, 0.2) is 35.1 Å². The largest absolute Gasteiger partial charge is 0.443 e. The highest BCUT2D eigenvalue weighted by molar-refractivity contribution is 6.33. The Bertz CT molecular complexity index is 652. The predicted octanol–water partition coefficient (Wildman–Crippen LogP) is 2.46. The highest BCUT2D eigenvalue weighted by Gasteiger charge is 2.29. The lowest BCUT2D eigenvalue weighted by molar-refractivity contribution is 0.0946. The summed E-state index contributed by atoms with van der Waals surface area (Å²) in [5.41, 5.74) is 6.85. The number of amides is 1. The molecule has 1 amide bonds. The van der Waals surface area contributed by atoms with Crippen LogP contribution in [0.5, 0.6) is 0 Å². The number of nitrogens with zero attached hydrogens (tertiary/aromatic N) is 1. The Kier molecular flexibility index (Phi) is 3.94. The monoisotopic (exact) mass is 305 g/mol. The van der Waals surface area contributed by atoms with E-state index in [2.05, 4.69) is 10.3 Å². The smallest absolute Gasteiger partial charge is 0.273 e. The van der Waals surface area contributed by atoms with Crippen LogP contribution in [0.3, 0.4) is 0 Å². The lowest BCUT2D eigenvalue weighted by atomic mass is 10.1. The molecule has 0 saturated heterocycles. The van der Waals surface area contributed by atoms with Crippen molar-refractivity contribution in [3.05, 3.63) is 41.4 Å². The van der Waals surface area contributed by atoms with Crippen molar-refractivity contribution in [3.8, 4) is 11.3 Å². The van der Waals surface area contributed by atoms with Crippen molar-refractivity contribution in [2.45, 2.75) is 18.9 Å². The molecule has 0 aliphatic heterocycles. The first-order valence-electron chi connectivity index (χ1n) is 6.89. The number of hydrogen-bond donors (Lipinski definition) is 2. The van der Waals surface area contributed by atoms with Crippen LogP contribution in [0, 0.1) is 5.92 Å². The summed E-state index contributed by atoms with van der Waals surface area (Å²) in [5.74, 6) is 0.610. The third-order valence-corrected chi connectivity index (χ3v) is 3.96. The molecule has 1 aliphatic rings. The molecule has 0 radical (unpaired) electrons. The van der Waals surface area contributed by atoms with E-state index in [4.69, 9.17) is 21.8 Å². The van der Waals surface area contributed by atoms with E-state index in [1.54, 1.807) is 12.1 Å². The maximum atomic E-state index is 12.2. The predicted molar refractivity (Wildman–Crippen MR) is 80.0 cm³/mol. The van der Waals surface area contributed by atoms with Gasteiger partial charge < -0.3 is 15.5 Å². The fraction of sp³-hybridized carbons (Fsp3) is 0.333. The number of carbonyl (C=O) groups excluding carboxylic acids is 1. The van der Waals surface area contributed by atoms with Crippen LogP contribution in [-0.2, 0) is 0 Å². The second kappa shape index (κ2) is 5.87. The molecule has 1 saturated carbocycles. The van der Waals surface area contributed by atoms with Crippen LogP contribution in [0.25, 0.3) is 11.3 Å². The molecule has 1 atom stereocenters. The molecule has 3 rings (SSSR count). The molecular weight excluding hydrogens is 290 g/mol. The molecule has 1 aliphatic carbocycles. The summed E-state index contributed by atoms with van der Waals surface area (Å²) in [4.78, 5) is 16.2. The van der Waals surface area contributed by atoms with Gasteiger partial charge in [-0.1, -0.05) is 23.7 Å². The first-order chi connectivity index (χ1) is 10.2. The molecule has 110 valence electrons. The van der Waals surface area contributed by atoms with Gasteiger partial charge in [-0.2, -0.15) is 0 Å². The van der Waals surface area contributed by atoms with Crippen molar-refractivity contribution in [3.63, 3.8) is 0 Å². The standard InChI is InChI=1S/C15H16ClN3O2/c16-11-4-2-1-3-10(11)14-13(19-8-21-14)15(20)18-7-12(17)9-5-6-9/h1-4,8-9,12H,5-7,17H2,(H,18,20). The van der Waals surface area contributed by atoms with Crippen molar-refractivity contribution in [2.24, 2.45) is 11.7 Å². The molecule has 2 aromatic rings. The van der Waals surface area contributed by atoms with Crippen LogP contribution >= 0.6 is 11.6 Å². The Morgan fingerprint density at radius 1 is 1.48 bits per heavy atom. The van der Waals surface area contributed by atoms with Crippen LogP contribution in [0.4, 0.5) is 0 Å². The summed E-state index contributed by atoms with van der Waals surface area (Å²) >= 11 is 6.13. The number of nitrogens with one attached hydrogen (secondary N) is 1. The van der Waals surface area contributed by atoms with E-state index in [0.29, 0.717) is 28.8 Å². The van der Waals surface area contributed by atoms with Crippen molar-refractivity contribution >= 4 is 17.5 Å². The quantitative estimate of drug-likeness (QED) is 0.889. The molecule has 0 bridgehead atoms. The number of hydrogen-bond acceptors (Lipinski definition) is 4. The first kappa shape index (κ1) is 14.1. The third kappa shape index (κ3) is 3.09. The van der Waals surface area contributed by atoms with Crippen molar-refractivity contribution < 1.29 is 9.21 Å². The molecule has 5 nitrogen and oxygen atoms in total. The fourth-order valence-corrected chi connectivity index (χ4v) is 2.45. The normalized spacial score (nSPS) is 15.7. The zero-order valence-electron chi connectivity index (χ0n) is 11.4.